The van der Waals surface area contributed by atoms with Crippen LogP contribution in [0.1, 0.15) is 71.6 Å². The van der Waals surface area contributed by atoms with Crippen LogP contribution in [0.5, 0.6) is 0 Å². The van der Waals surface area contributed by atoms with E-state index >= 15 is 0 Å². The van der Waals surface area contributed by atoms with Crippen molar-refractivity contribution in [2.45, 2.75) is 71.6 Å². The molecule has 0 amide bonds. The SMILES string of the molecule is CCCCCC[N+](C)(CCCCC)CCCCBr.[Br-]. The lowest BCUT2D eigenvalue weighted by atomic mass is 10.1. The molecule has 0 aromatic carbocycles. The summed E-state index contributed by atoms with van der Waals surface area (Å²) in [5.74, 6) is 0. The second kappa shape index (κ2) is 15.3. The highest BCUT2D eigenvalue weighted by Crippen LogP contribution is 2.13. The van der Waals surface area contributed by atoms with Gasteiger partial charge >= 0.3 is 0 Å². The highest BCUT2D eigenvalue weighted by molar-refractivity contribution is 9.09. The first kappa shape index (κ1) is 22.2. The average molecular weight is 401 g/mol. The Bertz CT molecular complexity index is 164. The Kier molecular flexibility index (Phi) is 17.9. The Morgan fingerprint density at radius 2 is 1.11 bits per heavy atom. The minimum Gasteiger partial charge on any atom is -1.00 e. The molecule has 0 N–H and O–H groups in total. The molecule has 19 heavy (non-hydrogen) atoms. The van der Waals surface area contributed by atoms with Gasteiger partial charge in [-0.25, -0.2) is 0 Å². The second-order valence-electron chi connectivity index (χ2n) is 5.95. The molecule has 1 nitrogen and oxygen atoms in total. The van der Waals surface area contributed by atoms with Crippen molar-refractivity contribution in [3.63, 3.8) is 0 Å². The molecule has 118 valence electrons. The molecule has 0 rings (SSSR count). The zero-order valence-electron chi connectivity index (χ0n) is 13.4. The summed E-state index contributed by atoms with van der Waals surface area (Å²) in [6, 6.07) is 0. The summed E-state index contributed by atoms with van der Waals surface area (Å²) in [5, 5.41) is 1.16. The van der Waals surface area contributed by atoms with Gasteiger partial charge in [0, 0.05) is 5.33 Å². The van der Waals surface area contributed by atoms with Crippen LogP contribution in [0, 0.1) is 0 Å². The van der Waals surface area contributed by atoms with Crippen molar-refractivity contribution < 1.29 is 21.5 Å². The molecule has 0 bridgehead atoms. The minimum absolute atomic E-state index is 0. The molecular formula is C16H35Br2N. The Hall–Kier alpha value is 0.920. The van der Waals surface area contributed by atoms with Gasteiger partial charge < -0.3 is 21.5 Å². The molecule has 0 aliphatic heterocycles. The minimum atomic E-state index is 0. The fourth-order valence-corrected chi connectivity index (χ4v) is 2.98. The number of alkyl halides is 1. The molecule has 1 unspecified atom stereocenters. The van der Waals surface area contributed by atoms with Crippen LogP contribution in [-0.4, -0.2) is 36.5 Å². The van der Waals surface area contributed by atoms with Crippen molar-refractivity contribution >= 4 is 15.9 Å². The van der Waals surface area contributed by atoms with Crippen LogP contribution in [0.2, 0.25) is 0 Å². The molecule has 0 radical (unpaired) electrons. The van der Waals surface area contributed by atoms with Crippen LogP contribution >= 0.6 is 15.9 Å². The van der Waals surface area contributed by atoms with Crippen LogP contribution in [0.25, 0.3) is 0 Å². The fourth-order valence-electron chi connectivity index (χ4n) is 2.59. The predicted molar refractivity (Wildman–Crippen MR) is 87.5 cm³/mol. The van der Waals surface area contributed by atoms with Gasteiger partial charge in [0.25, 0.3) is 0 Å². The third-order valence-corrected chi connectivity index (χ3v) is 4.50. The van der Waals surface area contributed by atoms with Crippen LogP contribution in [-0.2, 0) is 0 Å². The molecule has 0 heterocycles. The highest BCUT2D eigenvalue weighted by atomic mass is 79.9. The van der Waals surface area contributed by atoms with E-state index in [0.29, 0.717) is 0 Å². The molecule has 0 aromatic heterocycles. The molecule has 0 saturated carbocycles. The van der Waals surface area contributed by atoms with Crippen LogP contribution < -0.4 is 17.0 Å². The van der Waals surface area contributed by atoms with Gasteiger partial charge in [0.2, 0.25) is 0 Å². The second-order valence-corrected chi connectivity index (χ2v) is 6.75. The standard InChI is InChI=1S/C16H35BrN.BrH/c1-4-6-8-11-15-18(3,14-10-7-5-2)16-12-9-13-17;/h4-16H2,1-3H3;1H/q+1;/p-1. The van der Waals surface area contributed by atoms with E-state index < -0.39 is 0 Å². The smallest absolute Gasteiger partial charge is 0.0784 e. The van der Waals surface area contributed by atoms with Crippen LogP contribution in [0.4, 0.5) is 0 Å². The van der Waals surface area contributed by atoms with Gasteiger partial charge in [0.05, 0.1) is 26.7 Å². The predicted octanol–water partition coefficient (Wildman–Crippen LogP) is 2.38. The van der Waals surface area contributed by atoms with Gasteiger partial charge in [0.15, 0.2) is 0 Å². The van der Waals surface area contributed by atoms with E-state index in [0.717, 1.165) is 5.33 Å². The van der Waals surface area contributed by atoms with Crippen LogP contribution in [0.3, 0.4) is 0 Å². The largest absolute Gasteiger partial charge is 1.00 e. The number of unbranched alkanes of at least 4 members (excludes halogenated alkanes) is 6. The summed E-state index contributed by atoms with van der Waals surface area (Å²) < 4.78 is 1.32. The van der Waals surface area contributed by atoms with Gasteiger partial charge in [-0.2, -0.15) is 0 Å². The number of nitrogens with zero attached hydrogens (tertiary/aromatic N) is 1. The third kappa shape index (κ3) is 13.7. The zero-order chi connectivity index (χ0) is 13.7. The fraction of sp³-hybridized carbons (Fsp3) is 1.00. The maximum atomic E-state index is 3.55. The van der Waals surface area contributed by atoms with Crippen molar-refractivity contribution in [2.24, 2.45) is 0 Å². The molecule has 0 aliphatic carbocycles. The lowest BCUT2D eigenvalue weighted by molar-refractivity contribution is -0.910. The van der Waals surface area contributed by atoms with E-state index in [1.807, 2.05) is 0 Å². The van der Waals surface area contributed by atoms with E-state index in [9.17, 15) is 0 Å². The van der Waals surface area contributed by atoms with Gasteiger partial charge in [0.1, 0.15) is 0 Å². The molecule has 0 saturated heterocycles. The lowest BCUT2D eigenvalue weighted by Gasteiger charge is -2.35. The summed E-state index contributed by atoms with van der Waals surface area (Å²) in [6.07, 6.45) is 12.5. The molecule has 0 aliphatic rings. The Morgan fingerprint density at radius 3 is 1.58 bits per heavy atom. The van der Waals surface area contributed by atoms with E-state index in [4.69, 9.17) is 0 Å². The van der Waals surface area contributed by atoms with Crippen molar-refractivity contribution in [3.05, 3.63) is 0 Å². The van der Waals surface area contributed by atoms with Gasteiger partial charge in [-0.15, -0.1) is 0 Å². The summed E-state index contributed by atoms with van der Waals surface area (Å²) in [7, 11) is 2.48. The number of hydrogen-bond donors (Lipinski definition) is 0. The average Bonchev–Trinajstić information content (AvgIpc) is 2.36. The van der Waals surface area contributed by atoms with Gasteiger partial charge in [-0.3, -0.25) is 0 Å². The zero-order valence-corrected chi connectivity index (χ0v) is 16.6. The molecular weight excluding hydrogens is 366 g/mol. The lowest BCUT2D eigenvalue weighted by Crippen LogP contribution is -3.00. The number of rotatable bonds is 13. The Morgan fingerprint density at radius 1 is 0.684 bits per heavy atom. The molecule has 0 fully saturated rings. The van der Waals surface area contributed by atoms with Crippen LogP contribution in [0.15, 0.2) is 0 Å². The third-order valence-electron chi connectivity index (χ3n) is 3.93. The maximum absolute atomic E-state index is 3.55. The summed E-state index contributed by atoms with van der Waals surface area (Å²) >= 11 is 3.55. The summed E-state index contributed by atoms with van der Waals surface area (Å²) in [6.45, 7) is 8.76. The Labute approximate surface area is 141 Å². The first-order chi connectivity index (χ1) is 8.68. The monoisotopic (exact) mass is 399 g/mol. The van der Waals surface area contributed by atoms with Gasteiger partial charge in [-0.05, 0) is 38.5 Å². The first-order valence-corrected chi connectivity index (χ1v) is 9.20. The van der Waals surface area contributed by atoms with E-state index in [2.05, 4.69) is 36.8 Å². The molecule has 1 atom stereocenters. The van der Waals surface area contributed by atoms with Gasteiger partial charge in [-0.1, -0.05) is 49.0 Å². The van der Waals surface area contributed by atoms with E-state index in [1.54, 1.807) is 0 Å². The normalized spacial score (nSPS) is 13.9. The highest BCUT2D eigenvalue weighted by Gasteiger charge is 2.19. The summed E-state index contributed by atoms with van der Waals surface area (Å²) in [5.41, 5.74) is 0. The van der Waals surface area contributed by atoms with Crippen molar-refractivity contribution in [1.82, 2.24) is 0 Å². The van der Waals surface area contributed by atoms with E-state index in [1.165, 1.54) is 81.9 Å². The molecule has 3 heteroatoms. The van der Waals surface area contributed by atoms with E-state index in [-0.39, 0.29) is 17.0 Å². The van der Waals surface area contributed by atoms with Crippen molar-refractivity contribution in [3.8, 4) is 0 Å². The molecule has 0 aromatic rings. The maximum Gasteiger partial charge on any atom is 0.0784 e. The van der Waals surface area contributed by atoms with Crippen molar-refractivity contribution in [1.29, 1.82) is 0 Å². The quantitative estimate of drug-likeness (QED) is 0.253. The topological polar surface area (TPSA) is 0 Å². The first-order valence-electron chi connectivity index (χ1n) is 8.08. The summed E-state index contributed by atoms with van der Waals surface area (Å²) in [4.78, 5) is 0. The molecule has 0 spiro atoms. The Balaban J connectivity index is 0. The van der Waals surface area contributed by atoms with Crippen molar-refractivity contribution in [2.75, 3.05) is 32.0 Å². The number of quaternary nitrogens is 1. The number of halogens is 2. The number of hydrogen-bond acceptors (Lipinski definition) is 0.